The smallest absolute Gasteiger partial charge is 0.0717 e. The Labute approximate surface area is 166 Å². The molecule has 0 spiro atoms. The van der Waals surface area contributed by atoms with Gasteiger partial charge in [0.2, 0.25) is 0 Å². The molecule has 120 valence electrons. The van der Waals surface area contributed by atoms with Crippen molar-refractivity contribution in [3.63, 3.8) is 0 Å². The molecular formula is C14H16S8. The molecule has 4 aliphatic heterocycles. The monoisotopic (exact) mass is 440 g/mol. The van der Waals surface area contributed by atoms with Crippen LogP contribution in [-0.4, -0.2) is 22.5 Å². The molecule has 0 amide bonds. The normalized spacial score (nSPS) is 28.5. The molecule has 0 saturated carbocycles. The van der Waals surface area contributed by atoms with Crippen molar-refractivity contribution >= 4 is 94.1 Å². The summed E-state index contributed by atoms with van der Waals surface area (Å²) in [6.07, 6.45) is 4.09. The molecule has 4 heterocycles. The molecule has 8 heteroatoms. The van der Waals surface area contributed by atoms with Gasteiger partial charge in [-0.05, 0) is 6.42 Å². The van der Waals surface area contributed by atoms with Crippen LogP contribution in [0.3, 0.4) is 0 Å². The average molecular weight is 441 g/mol. The zero-order valence-corrected chi connectivity index (χ0v) is 18.6. The van der Waals surface area contributed by atoms with Crippen LogP contribution in [0.4, 0.5) is 0 Å². The summed E-state index contributed by atoms with van der Waals surface area (Å²) in [6.45, 7) is 2.30. The van der Waals surface area contributed by atoms with Crippen molar-refractivity contribution in [3.8, 4) is 0 Å². The van der Waals surface area contributed by atoms with Gasteiger partial charge in [-0.3, -0.25) is 0 Å². The zero-order valence-electron chi connectivity index (χ0n) is 12.1. The van der Waals surface area contributed by atoms with E-state index in [4.69, 9.17) is 0 Å². The van der Waals surface area contributed by atoms with Gasteiger partial charge in [0, 0.05) is 22.5 Å². The van der Waals surface area contributed by atoms with Gasteiger partial charge in [-0.25, -0.2) is 0 Å². The van der Waals surface area contributed by atoms with Crippen molar-refractivity contribution in [3.05, 3.63) is 25.4 Å². The van der Waals surface area contributed by atoms with Crippen molar-refractivity contribution in [1.82, 2.24) is 0 Å². The van der Waals surface area contributed by atoms with Crippen molar-refractivity contribution in [1.29, 1.82) is 0 Å². The summed E-state index contributed by atoms with van der Waals surface area (Å²) >= 11 is 16.5. The van der Waals surface area contributed by atoms with E-state index in [1.807, 2.05) is 35.3 Å². The quantitative estimate of drug-likeness (QED) is 0.429. The van der Waals surface area contributed by atoms with Crippen LogP contribution in [-0.2, 0) is 0 Å². The standard InChI is InChI=1S/C14H16S8/c1-2-3-4-8-7-17-11-12(18-8)22-14(21-11)13-19-9-10(20-13)16-6-5-15-9/h8H,2-7H2,1H3/t8-/m0/s1. The highest BCUT2D eigenvalue weighted by molar-refractivity contribution is 8.45. The lowest BCUT2D eigenvalue weighted by atomic mass is 10.2. The van der Waals surface area contributed by atoms with Crippen molar-refractivity contribution < 1.29 is 0 Å². The lowest BCUT2D eigenvalue weighted by Crippen LogP contribution is -2.09. The second kappa shape index (κ2) is 8.14. The number of thioether (sulfide) groups is 8. The van der Waals surface area contributed by atoms with Crippen LogP contribution in [0.25, 0.3) is 0 Å². The molecule has 0 aromatic heterocycles. The van der Waals surface area contributed by atoms with E-state index in [1.54, 1.807) is 25.4 Å². The third kappa shape index (κ3) is 3.89. The van der Waals surface area contributed by atoms with Crippen LogP contribution < -0.4 is 0 Å². The van der Waals surface area contributed by atoms with Gasteiger partial charge in [0.05, 0.1) is 25.4 Å². The third-order valence-electron chi connectivity index (χ3n) is 3.34. The summed E-state index contributed by atoms with van der Waals surface area (Å²) in [5, 5.41) is 0.836. The van der Waals surface area contributed by atoms with Gasteiger partial charge in [-0.1, -0.05) is 66.8 Å². The van der Waals surface area contributed by atoms with Gasteiger partial charge in [0.25, 0.3) is 0 Å². The van der Waals surface area contributed by atoms with Gasteiger partial charge in [-0.2, -0.15) is 0 Å². The molecule has 0 radical (unpaired) electrons. The first kappa shape index (κ1) is 17.4. The largest absolute Gasteiger partial charge is 0.116 e. The highest BCUT2D eigenvalue weighted by atomic mass is 32.3. The molecule has 0 aromatic rings. The summed E-state index contributed by atoms with van der Waals surface area (Å²) in [4.78, 5) is 0. The molecule has 0 saturated heterocycles. The van der Waals surface area contributed by atoms with Crippen LogP contribution in [0.15, 0.2) is 25.4 Å². The second-order valence-electron chi connectivity index (χ2n) is 5.02. The van der Waals surface area contributed by atoms with Crippen molar-refractivity contribution in [2.45, 2.75) is 31.4 Å². The molecule has 22 heavy (non-hydrogen) atoms. The van der Waals surface area contributed by atoms with Gasteiger partial charge in [0.1, 0.15) is 0 Å². The molecule has 0 fully saturated rings. The van der Waals surface area contributed by atoms with Crippen LogP contribution in [0, 0.1) is 0 Å². The van der Waals surface area contributed by atoms with E-state index in [9.17, 15) is 0 Å². The predicted octanol–water partition coefficient (Wildman–Crippen LogP) is 7.85. The molecule has 0 unspecified atom stereocenters. The van der Waals surface area contributed by atoms with E-state index in [1.165, 1.54) is 36.5 Å². The molecule has 1 atom stereocenters. The fourth-order valence-corrected chi connectivity index (χ4v) is 15.0. The fraction of sp³-hybridized carbons (Fsp3) is 0.571. The Morgan fingerprint density at radius 2 is 1.36 bits per heavy atom. The van der Waals surface area contributed by atoms with Crippen molar-refractivity contribution in [2.24, 2.45) is 0 Å². The topological polar surface area (TPSA) is 0 Å². The third-order valence-corrected chi connectivity index (χ3v) is 15.8. The molecule has 0 N–H and O–H groups in total. The van der Waals surface area contributed by atoms with Crippen LogP contribution in [0.5, 0.6) is 0 Å². The second-order valence-corrected chi connectivity index (χ2v) is 15.2. The zero-order chi connectivity index (χ0) is 14.9. The SMILES string of the molecule is CCCC[C@H]1CSC2=C(SC(=C3SC4=C(SCCS4)S3)S2)S1. The Bertz CT molecular complexity index is 541. The van der Waals surface area contributed by atoms with Crippen LogP contribution in [0.2, 0.25) is 0 Å². The molecule has 4 aliphatic rings. The molecule has 0 nitrogen and oxygen atoms in total. The number of rotatable bonds is 3. The highest BCUT2D eigenvalue weighted by Crippen LogP contribution is 2.68. The van der Waals surface area contributed by atoms with Gasteiger partial charge >= 0.3 is 0 Å². The Hall–Kier alpha value is 2.02. The van der Waals surface area contributed by atoms with Gasteiger partial charge in [-0.15, -0.1) is 47.0 Å². The number of unbranched alkanes of at least 4 members (excludes halogenated alkanes) is 1. The molecule has 4 rings (SSSR count). The number of hydrogen-bond acceptors (Lipinski definition) is 8. The summed E-state index contributed by atoms with van der Waals surface area (Å²) in [5.41, 5.74) is 0. The first-order valence-electron chi connectivity index (χ1n) is 7.32. The summed E-state index contributed by atoms with van der Waals surface area (Å²) in [7, 11) is 0. The molecular weight excluding hydrogens is 425 g/mol. The van der Waals surface area contributed by atoms with Crippen LogP contribution in [0.1, 0.15) is 26.2 Å². The molecule has 0 aliphatic carbocycles. The van der Waals surface area contributed by atoms with E-state index in [0.29, 0.717) is 0 Å². The van der Waals surface area contributed by atoms with Crippen LogP contribution >= 0.6 is 94.1 Å². The minimum atomic E-state index is 0.836. The lowest BCUT2D eigenvalue weighted by Gasteiger charge is -2.20. The minimum Gasteiger partial charge on any atom is -0.116 e. The maximum absolute atomic E-state index is 2.30. The van der Waals surface area contributed by atoms with E-state index in [-0.39, 0.29) is 0 Å². The average Bonchev–Trinajstić information content (AvgIpc) is 3.15. The first-order chi connectivity index (χ1) is 10.8. The Balaban J connectivity index is 1.41. The molecule has 0 aromatic carbocycles. The summed E-state index contributed by atoms with van der Waals surface area (Å²) in [5.74, 6) is 3.86. The van der Waals surface area contributed by atoms with E-state index in [0.717, 1.165) is 5.25 Å². The Kier molecular flexibility index (Phi) is 6.45. The maximum Gasteiger partial charge on any atom is 0.0717 e. The summed E-state index contributed by atoms with van der Waals surface area (Å²) < 4.78 is 9.40. The Morgan fingerprint density at radius 3 is 2.00 bits per heavy atom. The molecule has 0 bridgehead atoms. The first-order valence-corrected chi connectivity index (χ1v) is 14.4. The maximum atomic E-state index is 2.30. The lowest BCUT2D eigenvalue weighted by molar-refractivity contribution is 0.718. The predicted molar refractivity (Wildman–Crippen MR) is 120 cm³/mol. The van der Waals surface area contributed by atoms with Gasteiger partial charge in [0.15, 0.2) is 0 Å². The highest BCUT2D eigenvalue weighted by Gasteiger charge is 2.34. The van der Waals surface area contributed by atoms with Gasteiger partial charge < -0.3 is 0 Å². The van der Waals surface area contributed by atoms with E-state index >= 15 is 0 Å². The number of hydrogen-bond donors (Lipinski definition) is 0. The van der Waals surface area contributed by atoms with Crippen molar-refractivity contribution in [2.75, 3.05) is 17.3 Å². The van der Waals surface area contributed by atoms with E-state index in [2.05, 4.69) is 65.7 Å². The Morgan fingerprint density at radius 1 is 0.773 bits per heavy atom. The van der Waals surface area contributed by atoms with E-state index < -0.39 is 0 Å². The summed E-state index contributed by atoms with van der Waals surface area (Å²) in [6, 6.07) is 0. The minimum absolute atomic E-state index is 0.836. The fourth-order valence-electron chi connectivity index (χ4n) is 2.25.